The molecule has 0 aliphatic rings. The summed E-state index contributed by atoms with van der Waals surface area (Å²) in [5.74, 6) is 1.96. The van der Waals surface area contributed by atoms with Gasteiger partial charge in [-0.25, -0.2) is 0 Å². The lowest BCUT2D eigenvalue weighted by Crippen LogP contribution is -1.99. The van der Waals surface area contributed by atoms with Gasteiger partial charge < -0.3 is 10.5 Å². The molecular weight excluding hydrogens is 266 g/mol. The highest BCUT2D eigenvalue weighted by Crippen LogP contribution is 2.26. The van der Waals surface area contributed by atoms with Gasteiger partial charge in [0.15, 0.2) is 0 Å². The van der Waals surface area contributed by atoms with Crippen molar-refractivity contribution in [1.29, 1.82) is 0 Å². The zero-order valence-corrected chi connectivity index (χ0v) is 12.9. The van der Waals surface area contributed by atoms with Gasteiger partial charge in [0, 0.05) is 16.3 Å². The first-order valence-electron chi connectivity index (χ1n) is 6.83. The van der Waals surface area contributed by atoms with Crippen LogP contribution < -0.4 is 10.5 Å². The molecule has 0 aliphatic carbocycles. The standard InChI is InChI=1S/C17H21NOS/c1-13-5-3-6-15(11-13)19-9-4-10-20-17-12-14(2)7-8-16(17)18/h3,5-8,11-12H,4,9-10,18H2,1-2H3. The molecule has 0 unspecified atom stereocenters. The predicted octanol–water partition coefficient (Wildman–Crippen LogP) is 4.45. The van der Waals surface area contributed by atoms with E-state index < -0.39 is 0 Å². The van der Waals surface area contributed by atoms with Crippen molar-refractivity contribution in [1.82, 2.24) is 0 Å². The van der Waals surface area contributed by atoms with Crippen molar-refractivity contribution in [3.05, 3.63) is 53.6 Å². The summed E-state index contributed by atoms with van der Waals surface area (Å²) in [5, 5.41) is 0. The van der Waals surface area contributed by atoms with Gasteiger partial charge in [0.05, 0.1) is 6.61 Å². The molecule has 0 saturated carbocycles. The molecule has 0 aliphatic heterocycles. The third-order valence-electron chi connectivity index (χ3n) is 2.97. The second-order valence-electron chi connectivity index (χ2n) is 4.91. The van der Waals surface area contributed by atoms with Crippen molar-refractivity contribution in [2.45, 2.75) is 25.2 Å². The van der Waals surface area contributed by atoms with E-state index in [-0.39, 0.29) is 0 Å². The maximum absolute atomic E-state index is 5.96. The number of benzene rings is 2. The minimum absolute atomic E-state index is 0.738. The van der Waals surface area contributed by atoms with Crippen LogP contribution in [0.1, 0.15) is 17.5 Å². The molecule has 106 valence electrons. The number of thioether (sulfide) groups is 1. The van der Waals surface area contributed by atoms with Gasteiger partial charge in [-0.3, -0.25) is 0 Å². The normalized spacial score (nSPS) is 10.5. The average molecular weight is 287 g/mol. The Balaban J connectivity index is 1.73. The average Bonchev–Trinajstić information content (AvgIpc) is 2.42. The lowest BCUT2D eigenvalue weighted by molar-refractivity contribution is 0.318. The monoisotopic (exact) mass is 287 g/mol. The van der Waals surface area contributed by atoms with Crippen LogP contribution in [0.25, 0.3) is 0 Å². The fourth-order valence-electron chi connectivity index (χ4n) is 1.90. The Hall–Kier alpha value is -1.61. The number of ether oxygens (including phenoxy) is 1. The van der Waals surface area contributed by atoms with Crippen LogP contribution in [0.2, 0.25) is 0 Å². The number of nitrogen functional groups attached to an aromatic ring is 1. The van der Waals surface area contributed by atoms with Crippen LogP contribution in [-0.2, 0) is 0 Å². The van der Waals surface area contributed by atoms with E-state index in [2.05, 4.69) is 32.0 Å². The molecule has 0 bridgehead atoms. The first-order valence-corrected chi connectivity index (χ1v) is 7.82. The minimum atomic E-state index is 0.738. The molecule has 0 radical (unpaired) electrons. The Morgan fingerprint density at radius 3 is 2.65 bits per heavy atom. The maximum Gasteiger partial charge on any atom is 0.119 e. The van der Waals surface area contributed by atoms with Crippen LogP contribution in [-0.4, -0.2) is 12.4 Å². The highest BCUT2D eigenvalue weighted by atomic mass is 32.2. The SMILES string of the molecule is Cc1cccc(OCCCSc2cc(C)ccc2N)c1. The third kappa shape index (κ3) is 4.49. The summed E-state index contributed by atoms with van der Waals surface area (Å²) in [5.41, 5.74) is 9.30. The molecule has 0 heterocycles. The van der Waals surface area contributed by atoms with Gasteiger partial charge >= 0.3 is 0 Å². The van der Waals surface area contributed by atoms with Crippen molar-refractivity contribution in [3.8, 4) is 5.75 Å². The van der Waals surface area contributed by atoms with Crippen molar-refractivity contribution in [3.63, 3.8) is 0 Å². The summed E-state index contributed by atoms with van der Waals surface area (Å²) in [7, 11) is 0. The smallest absolute Gasteiger partial charge is 0.119 e. The number of nitrogens with two attached hydrogens (primary N) is 1. The highest BCUT2D eigenvalue weighted by Gasteiger charge is 2.00. The summed E-state index contributed by atoms with van der Waals surface area (Å²) in [6.45, 7) is 4.90. The van der Waals surface area contributed by atoms with Crippen LogP contribution in [0.4, 0.5) is 5.69 Å². The summed E-state index contributed by atoms with van der Waals surface area (Å²) in [6.07, 6.45) is 1.01. The van der Waals surface area contributed by atoms with Crippen LogP contribution in [0, 0.1) is 13.8 Å². The van der Waals surface area contributed by atoms with E-state index in [0.717, 1.165) is 30.2 Å². The molecule has 0 fully saturated rings. The zero-order chi connectivity index (χ0) is 14.4. The number of rotatable bonds is 6. The molecule has 20 heavy (non-hydrogen) atoms. The van der Waals surface area contributed by atoms with Crippen molar-refractivity contribution in [2.75, 3.05) is 18.1 Å². The number of hydrogen-bond donors (Lipinski definition) is 1. The lowest BCUT2D eigenvalue weighted by Gasteiger charge is -2.08. The van der Waals surface area contributed by atoms with E-state index in [4.69, 9.17) is 10.5 Å². The van der Waals surface area contributed by atoms with E-state index in [1.807, 2.05) is 24.3 Å². The molecule has 3 heteroatoms. The van der Waals surface area contributed by atoms with Crippen LogP contribution in [0.15, 0.2) is 47.4 Å². The van der Waals surface area contributed by atoms with Crippen molar-refractivity contribution >= 4 is 17.4 Å². The van der Waals surface area contributed by atoms with Crippen molar-refractivity contribution in [2.24, 2.45) is 0 Å². The molecule has 0 aromatic heterocycles. The molecular formula is C17H21NOS. The summed E-state index contributed by atoms with van der Waals surface area (Å²) in [6, 6.07) is 14.3. The quantitative estimate of drug-likeness (QED) is 0.484. The largest absolute Gasteiger partial charge is 0.494 e. The predicted molar refractivity (Wildman–Crippen MR) is 87.6 cm³/mol. The summed E-state index contributed by atoms with van der Waals surface area (Å²) in [4.78, 5) is 1.17. The van der Waals surface area contributed by atoms with Gasteiger partial charge in [0.1, 0.15) is 5.75 Å². The Kier molecular flexibility index (Phi) is 5.36. The van der Waals surface area contributed by atoms with Gasteiger partial charge in [0.2, 0.25) is 0 Å². The molecule has 2 aromatic rings. The fourth-order valence-corrected chi connectivity index (χ4v) is 2.89. The van der Waals surface area contributed by atoms with Crippen molar-refractivity contribution < 1.29 is 4.74 Å². The molecule has 0 amide bonds. The number of anilines is 1. The van der Waals surface area contributed by atoms with Crippen LogP contribution >= 0.6 is 11.8 Å². The topological polar surface area (TPSA) is 35.2 Å². The van der Waals surface area contributed by atoms with E-state index in [1.165, 1.54) is 16.0 Å². The fraction of sp³-hybridized carbons (Fsp3) is 0.294. The Morgan fingerprint density at radius 2 is 1.85 bits per heavy atom. The van der Waals surface area contributed by atoms with Gasteiger partial charge in [-0.05, 0) is 55.7 Å². The first-order chi connectivity index (χ1) is 9.65. The van der Waals surface area contributed by atoms with Crippen LogP contribution in [0.5, 0.6) is 5.75 Å². The van der Waals surface area contributed by atoms with Gasteiger partial charge in [0.25, 0.3) is 0 Å². The van der Waals surface area contributed by atoms with E-state index in [1.54, 1.807) is 11.8 Å². The second-order valence-corrected chi connectivity index (χ2v) is 6.05. The molecule has 2 nitrogen and oxygen atoms in total. The number of hydrogen-bond acceptors (Lipinski definition) is 3. The van der Waals surface area contributed by atoms with Crippen LogP contribution in [0.3, 0.4) is 0 Å². The minimum Gasteiger partial charge on any atom is -0.494 e. The zero-order valence-electron chi connectivity index (χ0n) is 12.1. The molecule has 2 N–H and O–H groups in total. The van der Waals surface area contributed by atoms with E-state index in [9.17, 15) is 0 Å². The van der Waals surface area contributed by atoms with Gasteiger partial charge in [-0.2, -0.15) is 0 Å². The van der Waals surface area contributed by atoms with E-state index >= 15 is 0 Å². The van der Waals surface area contributed by atoms with Gasteiger partial charge in [-0.15, -0.1) is 11.8 Å². The summed E-state index contributed by atoms with van der Waals surface area (Å²) < 4.78 is 5.73. The lowest BCUT2D eigenvalue weighted by atomic mass is 10.2. The maximum atomic E-state index is 5.96. The molecule has 0 spiro atoms. The second kappa shape index (κ2) is 7.25. The van der Waals surface area contributed by atoms with E-state index in [0.29, 0.717) is 0 Å². The molecule has 2 aromatic carbocycles. The molecule has 0 atom stereocenters. The molecule has 0 saturated heterocycles. The Morgan fingerprint density at radius 1 is 1.05 bits per heavy atom. The Bertz CT molecular complexity index is 569. The first kappa shape index (κ1) is 14.8. The Labute approximate surface area is 125 Å². The molecule has 2 rings (SSSR count). The third-order valence-corrected chi connectivity index (χ3v) is 4.13. The highest BCUT2D eigenvalue weighted by molar-refractivity contribution is 7.99. The van der Waals surface area contributed by atoms with Gasteiger partial charge in [-0.1, -0.05) is 18.2 Å². The number of aryl methyl sites for hydroxylation is 2. The summed E-state index contributed by atoms with van der Waals surface area (Å²) >= 11 is 1.79.